The van der Waals surface area contributed by atoms with E-state index in [2.05, 4.69) is 51.5 Å². The number of hydrogen-bond acceptors (Lipinski definition) is 6. The lowest BCUT2D eigenvalue weighted by molar-refractivity contribution is -0.129. The summed E-state index contributed by atoms with van der Waals surface area (Å²) in [6.07, 6.45) is 6.91. The molecule has 1 aliphatic heterocycles. The number of anilines is 1. The van der Waals surface area contributed by atoms with Crippen LogP contribution in [0.15, 0.2) is 30.5 Å². The number of amides is 2. The first-order valence-electron chi connectivity index (χ1n) is 14.3. The molecule has 2 aliphatic rings. The number of carbonyl (C=O) groups excluding carboxylic acids is 2. The van der Waals surface area contributed by atoms with Gasteiger partial charge in [0.2, 0.25) is 5.91 Å². The Balaban J connectivity index is 1.64. The minimum atomic E-state index is -0.226. The molecule has 212 valence electrons. The predicted octanol–water partition coefficient (Wildman–Crippen LogP) is 3.72. The normalized spacial score (nSPS) is 25.3. The minimum Gasteiger partial charge on any atom is -0.371 e. The predicted molar refractivity (Wildman–Crippen MR) is 158 cm³/mol. The highest BCUT2D eigenvalue weighted by atomic mass is 16.2. The van der Waals surface area contributed by atoms with Crippen LogP contribution >= 0.6 is 0 Å². The molecular weight excluding hydrogens is 488 g/mol. The van der Waals surface area contributed by atoms with Crippen LogP contribution in [-0.2, 0) is 11.3 Å². The van der Waals surface area contributed by atoms with Crippen LogP contribution in [0.2, 0.25) is 0 Å². The van der Waals surface area contributed by atoms with E-state index in [1.165, 1.54) is 0 Å². The van der Waals surface area contributed by atoms with Gasteiger partial charge in [0.25, 0.3) is 5.91 Å². The molecule has 2 heterocycles. The molecular formula is C31H46N6O2. The number of aromatic nitrogens is 1. The van der Waals surface area contributed by atoms with Crippen molar-refractivity contribution in [2.45, 2.75) is 77.5 Å². The van der Waals surface area contributed by atoms with Crippen molar-refractivity contribution in [2.75, 3.05) is 32.6 Å². The molecule has 1 aliphatic carbocycles. The van der Waals surface area contributed by atoms with Gasteiger partial charge in [-0.15, -0.1) is 0 Å². The second-order valence-corrected chi connectivity index (χ2v) is 12.1. The van der Waals surface area contributed by atoms with Crippen molar-refractivity contribution in [2.24, 2.45) is 17.6 Å². The minimum absolute atomic E-state index is 0.0202. The summed E-state index contributed by atoms with van der Waals surface area (Å²) in [6, 6.07) is 9.10. The smallest absolute Gasteiger partial charge is 0.251 e. The maximum Gasteiger partial charge on any atom is 0.251 e. The third-order valence-corrected chi connectivity index (χ3v) is 8.55. The number of nitrogens with zero attached hydrogens (tertiary/aromatic N) is 3. The number of piperidine rings is 1. The Hall–Kier alpha value is -2.97. The molecule has 1 aromatic heterocycles. The van der Waals surface area contributed by atoms with Crippen LogP contribution in [0, 0.1) is 18.8 Å². The van der Waals surface area contributed by atoms with Crippen LogP contribution in [0.4, 0.5) is 5.69 Å². The van der Waals surface area contributed by atoms with Gasteiger partial charge in [-0.1, -0.05) is 13.0 Å². The lowest BCUT2D eigenvalue weighted by Gasteiger charge is -2.36. The van der Waals surface area contributed by atoms with E-state index in [1.807, 2.05) is 46.3 Å². The highest BCUT2D eigenvalue weighted by Crippen LogP contribution is 2.34. The highest BCUT2D eigenvalue weighted by molar-refractivity contribution is 5.99. The first-order chi connectivity index (χ1) is 18.5. The molecule has 1 saturated heterocycles. The summed E-state index contributed by atoms with van der Waals surface area (Å²) >= 11 is 0. The SMILES string of the molecule is Cc1c(C(=O)NCC2C(=O)NC(C)CC2C)cc(-c2ccc(CN(C)C)nc2)cc1N(C)[C@H]1CC[C@H](N)CC1. The topological polar surface area (TPSA) is 104 Å². The number of pyridine rings is 1. The van der Waals surface area contributed by atoms with Gasteiger partial charge in [0.15, 0.2) is 0 Å². The maximum atomic E-state index is 13.6. The lowest BCUT2D eigenvalue weighted by atomic mass is 9.84. The number of rotatable bonds is 8. The average molecular weight is 535 g/mol. The van der Waals surface area contributed by atoms with Gasteiger partial charge in [0.05, 0.1) is 11.6 Å². The van der Waals surface area contributed by atoms with E-state index < -0.39 is 0 Å². The van der Waals surface area contributed by atoms with E-state index in [1.54, 1.807) is 0 Å². The molecule has 2 aromatic rings. The molecule has 0 spiro atoms. The Bertz CT molecular complexity index is 1160. The van der Waals surface area contributed by atoms with E-state index in [4.69, 9.17) is 5.73 Å². The monoisotopic (exact) mass is 534 g/mol. The highest BCUT2D eigenvalue weighted by Gasteiger charge is 2.32. The standard InChI is InChI=1S/C31H46N6O2/c1-19-13-20(2)35-31(39)28(19)17-34-30(38)27-14-23(22-7-10-25(33-16-22)18-36(4)5)15-29(21(27)3)37(6)26-11-8-24(32)9-12-26/h7,10,14-16,19-20,24,26,28H,8-9,11-13,17-18,32H2,1-6H3,(H,34,38)(H,35,39)/t19?,20?,24-,26-,28?. The summed E-state index contributed by atoms with van der Waals surface area (Å²) in [5.74, 6) is -0.138. The molecule has 1 saturated carbocycles. The number of nitrogens with one attached hydrogen (secondary N) is 2. The lowest BCUT2D eigenvalue weighted by Crippen LogP contribution is -2.50. The van der Waals surface area contributed by atoms with Gasteiger partial charge < -0.3 is 26.2 Å². The molecule has 8 nitrogen and oxygen atoms in total. The van der Waals surface area contributed by atoms with Gasteiger partial charge in [-0.05, 0) is 95.3 Å². The molecule has 4 N–H and O–H groups in total. The number of carbonyl (C=O) groups is 2. The van der Waals surface area contributed by atoms with Crippen molar-refractivity contribution in [3.8, 4) is 11.1 Å². The van der Waals surface area contributed by atoms with Crippen molar-refractivity contribution >= 4 is 17.5 Å². The van der Waals surface area contributed by atoms with Crippen molar-refractivity contribution in [1.82, 2.24) is 20.5 Å². The Kier molecular flexibility index (Phi) is 9.28. The van der Waals surface area contributed by atoms with Crippen LogP contribution in [0.3, 0.4) is 0 Å². The van der Waals surface area contributed by atoms with E-state index in [9.17, 15) is 9.59 Å². The van der Waals surface area contributed by atoms with E-state index >= 15 is 0 Å². The molecule has 4 rings (SSSR count). The third-order valence-electron chi connectivity index (χ3n) is 8.55. The molecule has 2 amide bonds. The summed E-state index contributed by atoms with van der Waals surface area (Å²) < 4.78 is 0. The molecule has 0 bridgehead atoms. The first kappa shape index (κ1) is 29.0. The van der Waals surface area contributed by atoms with Crippen LogP contribution in [0.1, 0.15) is 67.6 Å². The van der Waals surface area contributed by atoms with Gasteiger partial charge in [0.1, 0.15) is 0 Å². The van der Waals surface area contributed by atoms with E-state index in [0.717, 1.165) is 66.7 Å². The maximum absolute atomic E-state index is 13.6. The van der Waals surface area contributed by atoms with Gasteiger partial charge >= 0.3 is 0 Å². The Morgan fingerprint density at radius 3 is 2.44 bits per heavy atom. The molecule has 0 radical (unpaired) electrons. The van der Waals surface area contributed by atoms with Crippen LogP contribution in [0.25, 0.3) is 11.1 Å². The number of nitrogens with two attached hydrogens (primary N) is 1. The van der Waals surface area contributed by atoms with Gasteiger partial charge in [-0.2, -0.15) is 0 Å². The summed E-state index contributed by atoms with van der Waals surface area (Å²) in [5, 5.41) is 6.12. The zero-order valence-corrected chi connectivity index (χ0v) is 24.5. The van der Waals surface area contributed by atoms with Gasteiger partial charge in [-0.3, -0.25) is 14.6 Å². The molecule has 3 atom stereocenters. The zero-order chi connectivity index (χ0) is 28.3. The first-order valence-corrected chi connectivity index (χ1v) is 14.3. The summed E-state index contributed by atoms with van der Waals surface area (Å²) in [7, 11) is 6.18. The molecule has 39 heavy (non-hydrogen) atoms. The third kappa shape index (κ3) is 6.97. The van der Waals surface area contributed by atoms with Gasteiger partial charge in [0, 0.05) is 61.3 Å². The quantitative estimate of drug-likeness (QED) is 0.477. The van der Waals surface area contributed by atoms with Crippen molar-refractivity contribution in [1.29, 1.82) is 0 Å². The Labute approximate surface area is 233 Å². The van der Waals surface area contributed by atoms with Crippen molar-refractivity contribution < 1.29 is 9.59 Å². The van der Waals surface area contributed by atoms with Crippen molar-refractivity contribution in [3.63, 3.8) is 0 Å². The molecule has 1 aromatic carbocycles. The van der Waals surface area contributed by atoms with E-state index in [0.29, 0.717) is 18.2 Å². The van der Waals surface area contributed by atoms with Crippen molar-refractivity contribution in [3.05, 3.63) is 47.3 Å². The second-order valence-electron chi connectivity index (χ2n) is 12.1. The zero-order valence-electron chi connectivity index (χ0n) is 24.5. The fraction of sp³-hybridized carbons (Fsp3) is 0.581. The van der Waals surface area contributed by atoms with Crippen LogP contribution in [0.5, 0.6) is 0 Å². The number of hydrogen-bond donors (Lipinski definition) is 3. The second kappa shape index (κ2) is 12.5. The van der Waals surface area contributed by atoms with Crippen LogP contribution in [-0.4, -0.2) is 67.5 Å². The van der Waals surface area contributed by atoms with Crippen LogP contribution < -0.4 is 21.3 Å². The van der Waals surface area contributed by atoms with E-state index in [-0.39, 0.29) is 35.7 Å². The molecule has 2 fully saturated rings. The number of benzene rings is 1. The average Bonchev–Trinajstić information content (AvgIpc) is 2.88. The van der Waals surface area contributed by atoms with Gasteiger partial charge in [-0.25, -0.2) is 0 Å². The summed E-state index contributed by atoms with van der Waals surface area (Å²) in [5.41, 5.74) is 11.7. The summed E-state index contributed by atoms with van der Waals surface area (Å²) in [6.45, 7) is 7.24. The molecule has 8 heteroatoms. The molecule has 3 unspecified atom stereocenters. The fourth-order valence-corrected chi connectivity index (χ4v) is 6.15. The Morgan fingerprint density at radius 2 is 1.82 bits per heavy atom. The Morgan fingerprint density at radius 1 is 1.10 bits per heavy atom. The fourth-order valence-electron chi connectivity index (χ4n) is 6.15. The largest absolute Gasteiger partial charge is 0.371 e. The summed E-state index contributed by atoms with van der Waals surface area (Å²) in [4.78, 5) is 35.3.